The van der Waals surface area contributed by atoms with Crippen LogP contribution in [0, 0.1) is 0 Å². The molecule has 0 aliphatic heterocycles. The lowest BCUT2D eigenvalue weighted by Gasteiger charge is -2.10. The van der Waals surface area contributed by atoms with Crippen molar-refractivity contribution in [2.24, 2.45) is 0 Å². The summed E-state index contributed by atoms with van der Waals surface area (Å²) in [6.07, 6.45) is 1.35. The highest BCUT2D eigenvalue weighted by molar-refractivity contribution is 6.18. The standard InChI is InChI=1S/C18H17ClN2O/c19-10-17(22)12-20-16-7-5-13(6-8-16)15-9-14-3-1-2-4-18(14)21-11-15/h1-9,11,17,20,22H,10,12H2. The van der Waals surface area contributed by atoms with E-state index in [4.69, 9.17) is 11.6 Å². The van der Waals surface area contributed by atoms with E-state index in [2.05, 4.69) is 22.4 Å². The number of para-hydroxylation sites is 1. The molecule has 1 heterocycles. The summed E-state index contributed by atoms with van der Waals surface area (Å²) < 4.78 is 0. The summed E-state index contributed by atoms with van der Waals surface area (Å²) >= 11 is 5.57. The van der Waals surface area contributed by atoms with Gasteiger partial charge in [-0.1, -0.05) is 30.3 Å². The average Bonchev–Trinajstić information content (AvgIpc) is 2.59. The van der Waals surface area contributed by atoms with Gasteiger partial charge >= 0.3 is 0 Å². The number of anilines is 1. The first kappa shape index (κ1) is 14.8. The van der Waals surface area contributed by atoms with Gasteiger partial charge in [0.1, 0.15) is 0 Å². The van der Waals surface area contributed by atoms with Crippen LogP contribution in [0.2, 0.25) is 0 Å². The van der Waals surface area contributed by atoms with Gasteiger partial charge in [-0.05, 0) is 29.8 Å². The van der Waals surface area contributed by atoms with Crippen LogP contribution in [0.3, 0.4) is 0 Å². The third kappa shape index (κ3) is 3.38. The highest BCUT2D eigenvalue weighted by Gasteiger charge is 2.03. The van der Waals surface area contributed by atoms with Crippen molar-refractivity contribution in [2.45, 2.75) is 6.10 Å². The number of benzene rings is 2. The normalized spacial score (nSPS) is 12.3. The number of aliphatic hydroxyl groups is 1. The maximum atomic E-state index is 9.45. The molecule has 0 saturated heterocycles. The highest BCUT2D eigenvalue weighted by Crippen LogP contribution is 2.24. The topological polar surface area (TPSA) is 45.1 Å². The number of rotatable bonds is 5. The Morgan fingerprint density at radius 2 is 1.82 bits per heavy atom. The molecule has 3 rings (SSSR count). The molecule has 4 heteroatoms. The van der Waals surface area contributed by atoms with Crippen molar-refractivity contribution in [3.63, 3.8) is 0 Å². The molecule has 2 N–H and O–H groups in total. The molecule has 0 radical (unpaired) electrons. The number of aliphatic hydroxyl groups excluding tert-OH is 1. The lowest BCUT2D eigenvalue weighted by molar-refractivity contribution is 0.211. The van der Waals surface area contributed by atoms with Crippen molar-refractivity contribution in [1.82, 2.24) is 4.98 Å². The molecule has 0 amide bonds. The minimum absolute atomic E-state index is 0.230. The van der Waals surface area contributed by atoms with E-state index in [1.807, 2.05) is 48.7 Å². The van der Waals surface area contributed by atoms with E-state index in [1.165, 1.54) is 0 Å². The van der Waals surface area contributed by atoms with Gasteiger partial charge in [0.05, 0.1) is 17.5 Å². The Balaban J connectivity index is 1.79. The van der Waals surface area contributed by atoms with Crippen LogP contribution < -0.4 is 5.32 Å². The monoisotopic (exact) mass is 312 g/mol. The van der Waals surface area contributed by atoms with Crippen molar-refractivity contribution in [3.8, 4) is 11.1 Å². The van der Waals surface area contributed by atoms with Crippen LogP contribution in [-0.4, -0.2) is 28.6 Å². The molecule has 3 nitrogen and oxygen atoms in total. The molecule has 3 aromatic rings. The van der Waals surface area contributed by atoms with Gasteiger partial charge in [0.25, 0.3) is 0 Å². The minimum Gasteiger partial charge on any atom is -0.390 e. The first-order valence-electron chi connectivity index (χ1n) is 7.19. The first-order valence-corrected chi connectivity index (χ1v) is 7.73. The number of alkyl halides is 1. The van der Waals surface area contributed by atoms with Crippen molar-refractivity contribution in [1.29, 1.82) is 0 Å². The molecule has 1 unspecified atom stereocenters. The van der Waals surface area contributed by atoms with E-state index in [0.717, 1.165) is 27.7 Å². The smallest absolute Gasteiger partial charge is 0.0847 e. The molecule has 0 saturated carbocycles. The Kier molecular flexibility index (Phi) is 4.56. The average molecular weight is 313 g/mol. The van der Waals surface area contributed by atoms with Crippen LogP contribution in [0.1, 0.15) is 0 Å². The van der Waals surface area contributed by atoms with Gasteiger partial charge in [-0.25, -0.2) is 0 Å². The van der Waals surface area contributed by atoms with Crippen LogP contribution in [-0.2, 0) is 0 Å². The van der Waals surface area contributed by atoms with Crippen LogP contribution in [0.5, 0.6) is 0 Å². The van der Waals surface area contributed by atoms with Crippen molar-refractivity contribution in [2.75, 3.05) is 17.7 Å². The Morgan fingerprint density at radius 1 is 1.05 bits per heavy atom. The van der Waals surface area contributed by atoms with E-state index in [-0.39, 0.29) is 5.88 Å². The summed E-state index contributed by atoms with van der Waals surface area (Å²) in [4.78, 5) is 4.49. The van der Waals surface area contributed by atoms with E-state index in [0.29, 0.717) is 6.54 Å². The minimum atomic E-state index is -0.536. The number of fused-ring (bicyclic) bond motifs is 1. The quantitative estimate of drug-likeness (QED) is 0.702. The molecule has 22 heavy (non-hydrogen) atoms. The predicted octanol–water partition coefficient (Wildman–Crippen LogP) is 3.91. The molecular weight excluding hydrogens is 296 g/mol. The second kappa shape index (κ2) is 6.77. The van der Waals surface area contributed by atoms with Gasteiger partial charge in [-0.2, -0.15) is 0 Å². The molecular formula is C18H17ClN2O. The fourth-order valence-electron chi connectivity index (χ4n) is 2.30. The van der Waals surface area contributed by atoms with E-state index in [9.17, 15) is 5.11 Å². The maximum Gasteiger partial charge on any atom is 0.0847 e. The van der Waals surface area contributed by atoms with Gasteiger partial charge in [0.2, 0.25) is 0 Å². The van der Waals surface area contributed by atoms with Gasteiger partial charge in [-0.3, -0.25) is 4.98 Å². The molecule has 0 fully saturated rings. The number of aromatic nitrogens is 1. The van der Waals surface area contributed by atoms with Crippen molar-refractivity contribution >= 4 is 28.2 Å². The first-order chi connectivity index (χ1) is 10.8. The summed E-state index contributed by atoms with van der Waals surface area (Å²) in [6, 6.07) is 18.3. The van der Waals surface area contributed by atoms with E-state index in [1.54, 1.807) is 0 Å². The fraction of sp³-hybridized carbons (Fsp3) is 0.167. The van der Waals surface area contributed by atoms with Gasteiger partial charge < -0.3 is 10.4 Å². The van der Waals surface area contributed by atoms with E-state index >= 15 is 0 Å². The Bertz CT molecular complexity index is 758. The van der Waals surface area contributed by atoms with Gasteiger partial charge in [0.15, 0.2) is 0 Å². The third-order valence-electron chi connectivity index (χ3n) is 3.53. The zero-order chi connectivity index (χ0) is 15.4. The van der Waals surface area contributed by atoms with Gasteiger partial charge in [-0.15, -0.1) is 11.6 Å². The molecule has 2 aromatic carbocycles. The summed E-state index contributed by atoms with van der Waals surface area (Å²) in [5, 5.41) is 13.7. The fourth-order valence-corrected chi connectivity index (χ4v) is 2.41. The number of nitrogens with zero attached hydrogens (tertiary/aromatic N) is 1. The molecule has 1 aromatic heterocycles. The molecule has 0 bridgehead atoms. The number of pyridine rings is 1. The maximum absolute atomic E-state index is 9.45. The van der Waals surface area contributed by atoms with Gasteiger partial charge in [0, 0.05) is 29.4 Å². The highest BCUT2D eigenvalue weighted by atomic mass is 35.5. The second-order valence-electron chi connectivity index (χ2n) is 5.18. The molecule has 0 aliphatic rings. The summed E-state index contributed by atoms with van der Waals surface area (Å²) in [5.74, 6) is 0.230. The van der Waals surface area contributed by atoms with Crippen LogP contribution >= 0.6 is 11.6 Å². The largest absolute Gasteiger partial charge is 0.390 e. The van der Waals surface area contributed by atoms with Crippen LogP contribution in [0.15, 0.2) is 60.8 Å². The molecule has 112 valence electrons. The zero-order valence-corrected chi connectivity index (χ0v) is 12.8. The van der Waals surface area contributed by atoms with Crippen molar-refractivity contribution < 1.29 is 5.11 Å². The second-order valence-corrected chi connectivity index (χ2v) is 5.49. The predicted molar refractivity (Wildman–Crippen MR) is 92.4 cm³/mol. The number of halogens is 1. The Labute approximate surface area is 134 Å². The summed E-state index contributed by atoms with van der Waals surface area (Å²) in [5.41, 5.74) is 4.16. The molecule has 0 aliphatic carbocycles. The SMILES string of the molecule is OC(CCl)CNc1ccc(-c2cnc3ccccc3c2)cc1. The zero-order valence-electron chi connectivity index (χ0n) is 12.0. The molecule has 0 spiro atoms. The Morgan fingerprint density at radius 3 is 2.59 bits per heavy atom. The Hall–Kier alpha value is -2.10. The summed E-state index contributed by atoms with van der Waals surface area (Å²) in [7, 11) is 0. The third-order valence-corrected chi connectivity index (χ3v) is 3.88. The van der Waals surface area contributed by atoms with E-state index < -0.39 is 6.10 Å². The lowest BCUT2D eigenvalue weighted by atomic mass is 10.1. The van der Waals surface area contributed by atoms with Crippen molar-refractivity contribution in [3.05, 3.63) is 60.8 Å². The lowest BCUT2D eigenvalue weighted by Crippen LogP contribution is -2.20. The van der Waals surface area contributed by atoms with Crippen LogP contribution in [0.4, 0.5) is 5.69 Å². The number of nitrogens with one attached hydrogen (secondary N) is 1. The number of hydrogen-bond acceptors (Lipinski definition) is 3. The molecule has 1 atom stereocenters. The van der Waals surface area contributed by atoms with Crippen LogP contribution in [0.25, 0.3) is 22.0 Å². The summed E-state index contributed by atoms with van der Waals surface area (Å²) in [6.45, 7) is 0.445. The number of hydrogen-bond donors (Lipinski definition) is 2.